The Morgan fingerprint density at radius 3 is 1.95 bits per heavy atom. The van der Waals surface area contributed by atoms with Gasteiger partial charge in [0.25, 0.3) is 0 Å². The highest BCUT2D eigenvalue weighted by molar-refractivity contribution is 5.57. The minimum atomic E-state index is 0.230. The topological polar surface area (TPSA) is 49.8 Å². The molecule has 4 nitrogen and oxygen atoms in total. The molecule has 1 rings (SSSR count). The van der Waals surface area contributed by atoms with E-state index < -0.39 is 0 Å². The van der Waals surface area contributed by atoms with E-state index in [4.69, 9.17) is 4.98 Å². The van der Waals surface area contributed by atoms with Gasteiger partial charge >= 0.3 is 0 Å². The minimum Gasteiger partial charge on any atom is -0.370 e. The van der Waals surface area contributed by atoms with E-state index in [1.807, 2.05) is 0 Å². The lowest BCUT2D eigenvalue weighted by molar-refractivity contribution is 0.269. The number of nitrogens with zero attached hydrogens (tertiary/aromatic N) is 2. The van der Waals surface area contributed by atoms with Gasteiger partial charge < -0.3 is 10.6 Å². The van der Waals surface area contributed by atoms with E-state index in [9.17, 15) is 0 Å². The van der Waals surface area contributed by atoms with E-state index in [1.165, 1.54) is 0 Å². The third-order valence-electron chi connectivity index (χ3n) is 4.30. The molecule has 0 spiro atoms. The number of hydrogen-bond donors (Lipinski definition) is 2. The van der Waals surface area contributed by atoms with E-state index in [-0.39, 0.29) is 5.41 Å². The lowest BCUT2D eigenvalue weighted by Crippen LogP contribution is -2.29. The Bertz CT molecular complexity index is 464. The molecule has 120 valence electrons. The van der Waals surface area contributed by atoms with Gasteiger partial charge in [-0.1, -0.05) is 41.5 Å². The lowest BCUT2D eigenvalue weighted by Gasteiger charge is -2.30. The Hall–Kier alpha value is -1.32. The third-order valence-corrected chi connectivity index (χ3v) is 4.30. The maximum Gasteiger partial charge on any atom is 0.135 e. The second-order valence-corrected chi connectivity index (χ2v) is 7.09. The summed E-state index contributed by atoms with van der Waals surface area (Å²) in [6.07, 6.45) is 0. The zero-order valence-corrected chi connectivity index (χ0v) is 15.0. The van der Waals surface area contributed by atoms with Crippen molar-refractivity contribution in [2.45, 2.75) is 61.3 Å². The van der Waals surface area contributed by atoms with E-state index in [2.05, 4.69) is 71.0 Å². The van der Waals surface area contributed by atoms with Crippen LogP contribution >= 0.6 is 0 Å². The highest BCUT2D eigenvalue weighted by Gasteiger charge is 2.23. The van der Waals surface area contributed by atoms with Crippen LogP contribution in [0.5, 0.6) is 0 Å². The molecule has 0 amide bonds. The zero-order chi connectivity index (χ0) is 16.2. The summed E-state index contributed by atoms with van der Waals surface area (Å²) in [5.74, 6) is 3.73. The van der Waals surface area contributed by atoms with Crippen molar-refractivity contribution in [2.24, 2.45) is 11.3 Å². The summed E-state index contributed by atoms with van der Waals surface area (Å²) in [4.78, 5) is 9.35. The van der Waals surface area contributed by atoms with Gasteiger partial charge in [0.15, 0.2) is 0 Å². The molecule has 0 radical (unpaired) electrons. The van der Waals surface area contributed by atoms with Gasteiger partial charge in [0.05, 0.1) is 0 Å². The second-order valence-electron chi connectivity index (χ2n) is 7.09. The number of nitrogens with one attached hydrogen (secondary N) is 2. The molecule has 0 saturated carbocycles. The third kappa shape index (κ3) is 4.58. The van der Waals surface area contributed by atoms with Gasteiger partial charge in [-0.3, -0.25) is 0 Å². The Labute approximate surface area is 130 Å². The van der Waals surface area contributed by atoms with Crippen LogP contribution in [0.15, 0.2) is 0 Å². The Kier molecular flexibility index (Phi) is 5.99. The average molecular weight is 292 g/mol. The van der Waals surface area contributed by atoms with Crippen LogP contribution in [-0.4, -0.2) is 23.1 Å². The number of rotatable bonds is 7. The zero-order valence-electron chi connectivity index (χ0n) is 15.0. The van der Waals surface area contributed by atoms with Crippen molar-refractivity contribution in [3.05, 3.63) is 11.4 Å². The number of anilines is 2. The summed E-state index contributed by atoms with van der Waals surface area (Å²) in [6.45, 7) is 19.3. The van der Waals surface area contributed by atoms with Crippen molar-refractivity contribution in [3.8, 4) is 0 Å². The van der Waals surface area contributed by atoms with E-state index in [0.717, 1.165) is 36.1 Å². The first-order valence-corrected chi connectivity index (χ1v) is 8.05. The molecule has 0 aromatic carbocycles. The van der Waals surface area contributed by atoms with E-state index >= 15 is 0 Å². The van der Waals surface area contributed by atoms with Gasteiger partial charge in [0, 0.05) is 24.6 Å². The monoisotopic (exact) mass is 292 g/mol. The Morgan fingerprint density at radius 2 is 1.52 bits per heavy atom. The molecular weight excluding hydrogens is 260 g/mol. The maximum atomic E-state index is 4.71. The van der Waals surface area contributed by atoms with Crippen LogP contribution in [0.2, 0.25) is 0 Å². The molecule has 0 fully saturated rings. The van der Waals surface area contributed by atoms with Crippen molar-refractivity contribution in [3.63, 3.8) is 0 Å². The van der Waals surface area contributed by atoms with E-state index in [0.29, 0.717) is 11.8 Å². The number of hydrogen-bond acceptors (Lipinski definition) is 4. The van der Waals surface area contributed by atoms with Crippen LogP contribution in [0, 0.1) is 18.3 Å². The highest BCUT2D eigenvalue weighted by atomic mass is 15.1. The van der Waals surface area contributed by atoms with Crippen molar-refractivity contribution in [1.29, 1.82) is 0 Å². The molecule has 0 aliphatic rings. The molecule has 1 heterocycles. The molecule has 1 aromatic rings. The SMILES string of the molecule is CCNc1nc(C(C)C)nc(NCC(C)(C)C(C)C)c1C. The molecule has 21 heavy (non-hydrogen) atoms. The van der Waals surface area contributed by atoms with Crippen LogP contribution in [0.3, 0.4) is 0 Å². The number of aromatic nitrogens is 2. The quantitative estimate of drug-likeness (QED) is 0.780. The predicted octanol–water partition coefficient (Wildman–Crippen LogP) is 4.43. The molecule has 0 saturated heterocycles. The summed E-state index contributed by atoms with van der Waals surface area (Å²) in [5.41, 5.74) is 1.33. The highest BCUT2D eigenvalue weighted by Crippen LogP contribution is 2.28. The second kappa shape index (κ2) is 7.10. The molecule has 1 aromatic heterocycles. The molecule has 4 heteroatoms. The smallest absolute Gasteiger partial charge is 0.135 e. The minimum absolute atomic E-state index is 0.230. The fraction of sp³-hybridized carbons (Fsp3) is 0.765. The molecular formula is C17H32N4. The van der Waals surface area contributed by atoms with Crippen LogP contribution in [0.25, 0.3) is 0 Å². The fourth-order valence-electron chi connectivity index (χ4n) is 1.82. The first-order valence-electron chi connectivity index (χ1n) is 8.05. The van der Waals surface area contributed by atoms with E-state index in [1.54, 1.807) is 0 Å². The maximum absolute atomic E-state index is 4.71. The molecule has 0 unspecified atom stereocenters. The van der Waals surface area contributed by atoms with Gasteiger partial charge in [-0.05, 0) is 25.2 Å². The fourth-order valence-corrected chi connectivity index (χ4v) is 1.82. The largest absolute Gasteiger partial charge is 0.370 e. The molecule has 0 atom stereocenters. The van der Waals surface area contributed by atoms with Crippen LogP contribution < -0.4 is 10.6 Å². The summed E-state index contributed by atoms with van der Waals surface area (Å²) in [5, 5.41) is 6.88. The first kappa shape index (κ1) is 17.7. The lowest BCUT2D eigenvalue weighted by atomic mass is 9.81. The predicted molar refractivity (Wildman–Crippen MR) is 92.1 cm³/mol. The first-order chi connectivity index (χ1) is 9.69. The van der Waals surface area contributed by atoms with Gasteiger partial charge in [-0.25, -0.2) is 9.97 Å². The van der Waals surface area contributed by atoms with Crippen molar-refractivity contribution < 1.29 is 0 Å². The van der Waals surface area contributed by atoms with Crippen LogP contribution in [0.1, 0.15) is 65.8 Å². The molecule has 0 aliphatic heterocycles. The average Bonchev–Trinajstić information content (AvgIpc) is 2.39. The Morgan fingerprint density at radius 1 is 1.00 bits per heavy atom. The van der Waals surface area contributed by atoms with Gasteiger partial charge in [-0.15, -0.1) is 0 Å². The normalized spacial score (nSPS) is 12.1. The van der Waals surface area contributed by atoms with Crippen molar-refractivity contribution >= 4 is 11.6 Å². The van der Waals surface area contributed by atoms with Crippen molar-refractivity contribution in [1.82, 2.24) is 9.97 Å². The van der Waals surface area contributed by atoms with Gasteiger partial charge in [0.1, 0.15) is 17.5 Å². The van der Waals surface area contributed by atoms with Crippen molar-refractivity contribution in [2.75, 3.05) is 23.7 Å². The summed E-state index contributed by atoms with van der Waals surface area (Å²) < 4.78 is 0. The molecule has 0 aliphatic carbocycles. The van der Waals surface area contributed by atoms with Gasteiger partial charge in [-0.2, -0.15) is 0 Å². The molecule has 0 bridgehead atoms. The summed E-state index contributed by atoms with van der Waals surface area (Å²) in [6, 6.07) is 0. The Balaban J connectivity index is 3.05. The van der Waals surface area contributed by atoms with Crippen LogP contribution in [-0.2, 0) is 0 Å². The van der Waals surface area contributed by atoms with Gasteiger partial charge in [0.2, 0.25) is 0 Å². The summed E-state index contributed by atoms with van der Waals surface area (Å²) in [7, 11) is 0. The standard InChI is InChI=1S/C17H32N4/c1-9-18-15-13(6)16(21-14(20-15)11(2)3)19-10-17(7,8)12(4)5/h11-12H,9-10H2,1-8H3,(H2,18,19,20,21). The molecule has 2 N–H and O–H groups in total. The summed E-state index contributed by atoms with van der Waals surface area (Å²) >= 11 is 0. The van der Waals surface area contributed by atoms with Crippen LogP contribution in [0.4, 0.5) is 11.6 Å².